The van der Waals surface area contributed by atoms with Gasteiger partial charge in [0.05, 0.1) is 10.6 Å². The molecule has 8 heteroatoms. The van der Waals surface area contributed by atoms with Crippen LogP contribution in [0.1, 0.15) is 23.2 Å². The summed E-state index contributed by atoms with van der Waals surface area (Å²) >= 11 is 12.0. The Morgan fingerprint density at radius 1 is 1.15 bits per heavy atom. The van der Waals surface area contributed by atoms with Gasteiger partial charge in [-0.05, 0) is 31.0 Å². The monoisotopic (exact) mass is 393 g/mol. The van der Waals surface area contributed by atoms with Gasteiger partial charge >= 0.3 is 0 Å². The molecule has 2 heterocycles. The van der Waals surface area contributed by atoms with Crippen molar-refractivity contribution in [1.82, 2.24) is 9.88 Å². The SMILES string of the molecule is NC(=O)C1CCN(C(=O)c2ccc(Oc3cccc(Cl)c3Cl)nc2)CC1. The third-order valence-corrected chi connectivity index (χ3v) is 5.10. The van der Waals surface area contributed by atoms with Crippen LogP contribution in [-0.4, -0.2) is 34.8 Å². The summed E-state index contributed by atoms with van der Waals surface area (Å²) in [6, 6.07) is 8.30. The van der Waals surface area contributed by atoms with Crippen molar-refractivity contribution in [2.75, 3.05) is 13.1 Å². The number of nitrogens with two attached hydrogens (primary N) is 1. The van der Waals surface area contributed by atoms with E-state index in [9.17, 15) is 9.59 Å². The number of halogens is 2. The van der Waals surface area contributed by atoms with Crippen LogP contribution in [0.15, 0.2) is 36.5 Å². The topological polar surface area (TPSA) is 85.5 Å². The van der Waals surface area contributed by atoms with Crippen molar-refractivity contribution >= 4 is 35.0 Å². The molecule has 0 spiro atoms. The van der Waals surface area contributed by atoms with Crippen LogP contribution in [0.4, 0.5) is 0 Å². The average Bonchev–Trinajstić information content (AvgIpc) is 2.65. The molecule has 0 saturated carbocycles. The van der Waals surface area contributed by atoms with Gasteiger partial charge in [-0.2, -0.15) is 0 Å². The predicted molar refractivity (Wildman–Crippen MR) is 98.6 cm³/mol. The summed E-state index contributed by atoms with van der Waals surface area (Å²) in [4.78, 5) is 29.6. The van der Waals surface area contributed by atoms with E-state index in [4.69, 9.17) is 33.7 Å². The Bertz CT molecular complexity index is 819. The van der Waals surface area contributed by atoms with E-state index < -0.39 is 0 Å². The van der Waals surface area contributed by atoms with Gasteiger partial charge in [0.25, 0.3) is 5.91 Å². The van der Waals surface area contributed by atoms with Crippen molar-refractivity contribution in [1.29, 1.82) is 0 Å². The molecule has 3 rings (SSSR count). The van der Waals surface area contributed by atoms with Crippen LogP contribution in [-0.2, 0) is 4.79 Å². The molecular weight excluding hydrogens is 377 g/mol. The summed E-state index contributed by atoms with van der Waals surface area (Å²) in [6.45, 7) is 1.01. The Labute approximate surface area is 160 Å². The zero-order chi connectivity index (χ0) is 18.7. The molecule has 0 radical (unpaired) electrons. The average molecular weight is 394 g/mol. The first-order valence-corrected chi connectivity index (χ1v) is 8.88. The number of benzene rings is 1. The summed E-state index contributed by atoms with van der Waals surface area (Å²) in [5, 5.41) is 0.684. The smallest absolute Gasteiger partial charge is 0.255 e. The van der Waals surface area contributed by atoms with Crippen molar-refractivity contribution in [3.8, 4) is 11.6 Å². The highest BCUT2D eigenvalue weighted by Crippen LogP contribution is 2.34. The third-order valence-electron chi connectivity index (χ3n) is 4.30. The molecule has 1 aromatic carbocycles. The molecule has 1 fully saturated rings. The predicted octanol–water partition coefficient (Wildman–Crippen LogP) is 3.52. The molecule has 1 aliphatic heterocycles. The minimum Gasteiger partial charge on any atom is -0.437 e. The van der Waals surface area contributed by atoms with Crippen LogP contribution >= 0.6 is 23.2 Å². The maximum absolute atomic E-state index is 12.5. The number of nitrogens with zero attached hydrogens (tertiary/aromatic N) is 2. The number of likely N-dealkylation sites (tertiary alicyclic amines) is 1. The van der Waals surface area contributed by atoms with E-state index in [0.717, 1.165) is 0 Å². The molecule has 1 aliphatic rings. The molecule has 2 amide bonds. The van der Waals surface area contributed by atoms with Gasteiger partial charge in [0.15, 0.2) is 0 Å². The lowest BCUT2D eigenvalue weighted by Gasteiger charge is -2.30. The van der Waals surface area contributed by atoms with Gasteiger partial charge < -0.3 is 15.4 Å². The summed E-state index contributed by atoms with van der Waals surface area (Å²) in [7, 11) is 0. The first-order chi connectivity index (χ1) is 12.5. The number of carbonyl (C=O) groups is 2. The van der Waals surface area contributed by atoms with E-state index in [1.807, 2.05) is 0 Å². The van der Waals surface area contributed by atoms with Crippen molar-refractivity contribution < 1.29 is 14.3 Å². The van der Waals surface area contributed by atoms with Crippen LogP contribution in [0, 0.1) is 5.92 Å². The fraction of sp³-hybridized carbons (Fsp3) is 0.278. The summed E-state index contributed by atoms with van der Waals surface area (Å²) in [5.41, 5.74) is 5.77. The number of carbonyl (C=O) groups excluding carboxylic acids is 2. The van der Waals surface area contributed by atoms with Gasteiger partial charge in [-0.15, -0.1) is 0 Å². The normalized spacial score (nSPS) is 14.9. The van der Waals surface area contributed by atoms with Crippen LogP contribution in [0.2, 0.25) is 10.0 Å². The van der Waals surface area contributed by atoms with Crippen LogP contribution in [0.25, 0.3) is 0 Å². The van der Waals surface area contributed by atoms with E-state index >= 15 is 0 Å². The standard InChI is InChI=1S/C18H17Cl2N3O3/c19-13-2-1-3-14(16(13)20)26-15-5-4-12(10-22-15)18(25)23-8-6-11(7-9-23)17(21)24/h1-5,10-11H,6-9H2,(H2,21,24). The van der Waals surface area contributed by atoms with E-state index in [2.05, 4.69) is 4.98 Å². The Morgan fingerprint density at radius 2 is 1.88 bits per heavy atom. The molecule has 1 aromatic heterocycles. The molecule has 0 aliphatic carbocycles. The number of primary amides is 1. The minimum atomic E-state index is -0.306. The maximum Gasteiger partial charge on any atom is 0.255 e. The molecule has 6 nitrogen and oxygen atoms in total. The fourth-order valence-corrected chi connectivity index (χ4v) is 3.12. The number of rotatable bonds is 4. The number of hydrogen-bond donors (Lipinski definition) is 1. The summed E-state index contributed by atoms with van der Waals surface area (Å²) in [6.07, 6.45) is 2.63. The number of ether oxygens (including phenoxy) is 1. The largest absolute Gasteiger partial charge is 0.437 e. The van der Waals surface area contributed by atoms with E-state index in [1.165, 1.54) is 6.20 Å². The molecule has 2 aromatic rings. The number of hydrogen-bond acceptors (Lipinski definition) is 4. The molecule has 2 N–H and O–H groups in total. The zero-order valence-corrected chi connectivity index (χ0v) is 15.3. The van der Waals surface area contributed by atoms with Crippen molar-refractivity contribution in [3.63, 3.8) is 0 Å². The maximum atomic E-state index is 12.5. The minimum absolute atomic E-state index is 0.132. The lowest BCUT2D eigenvalue weighted by atomic mass is 9.96. The van der Waals surface area contributed by atoms with Gasteiger partial charge in [-0.1, -0.05) is 29.3 Å². The Kier molecular flexibility index (Phi) is 5.64. The van der Waals surface area contributed by atoms with Gasteiger partial charge in [0, 0.05) is 31.3 Å². The second-order valence-electron chi connectivity index (χ2n) is 6.01. The highest BCUT2D eigenvalue weighted by molar-refractivity contribution is 6.42. The molecule has 1 saturated heterocycles. The number of aromatic nitrogens is 1. The molecule has 0 atom stereocenters. The highest BCUT2D eigenvalue weighted by atomic mass is 35.5. The van der Waals surface area contributed by atoms with Crippen molar-refractivity contribution in [2.45, 2.75) is 12.8 Å². The van der Waals surface area contributed by atoms with Crippen molar-refractivity contribution in [3.05, 3.63) is 52.1 Å². The second kappa shape index (κ2) is 7.93. The molecule has 26 heavy (non-hydrogen) atoms. The first kappa shape index (κ1) is 18.5. The Balaban J connectivity index is 1.65. The van der Waals surface area contributed by atoms with E-state index in [-0.39, 0.29) is 17.7 Å². The Hall–Kier alpha value is -2.31. The van der Waals surface area contributed by atoms with Gasteiger partial charge in [0.1, 0.15) is 10.8 Å². The van der Waals surface area contributed by atoms with Crippen LogP contribution < -0.4 is 10.5 Å². The lowest BCUT2D eigenvalue weighted by molar-refractivity contribution is -0.123. The van der Waals surface area contributed by atoms with Gasteiger partial charge in [0.2, 0.25) is 11.8 Å². The van der Waals surface area contributed by atoms with E-state index in [1.54, 1.807) is 35.2 Å². The molecule has 136 valence electrons. The second-order valence-corrected chi connectivity index (χ2v) is 6.79. The quantitative estimate of drug-likeness (QED) is 0.860. The van der Waals surface area contributed by atoms with Gasteiger partial charge in [-0.25, -0.2) is 4.98 Å². The van der Waals surface area contributed by atoms with E-state index in [0.29, 0.717) is 53.2 Å². The summed E-state index contributed by atoms with van der Waals surface area (Å²) in [5.74, 6) is 0.0977. The summed E-state index contributed by atoms with van der Waals surface area (Å²) < 4.78 is 5.61. The number of piperidine rings is 1. The van der Waals surface area contributed by atoms with Gasteiger partial charge in [-0.3, -0.25) is 9.59 Å². The highest BCUT2D eigenvalue weighted by Gasteiger charge is 2.26. The Morgan fingerprint density at radius 3 is 2.50 bits per heavy atom. The molecule has 0 unspecified atom stereocenters. The fourth-order valence-electron chi connectivity index (χ4n) is 2.79. The first-order valence-electron chi connectivity index (χ1n) is 8.12. The lowest BCUT2D eigenvalue weighted by Crippen LogP contribution is -2.41. The molecular formula is C18H17Cl2N3O3. The molecule has 0 bridgehead atoms. The zero-order valence-electron chi connectivity index (χ0n) is 13.8. The number of amides is 2. The number of pyridine rings is 1. The van der Waals surface area contributed by atoms with Crippen molar-refractivity contribution in [2.24, 2.45) is 11.7 Å². The van der Waals surface area contributed by atoms with Crippen LogP contribution in [0.5, 0.6) is 11.6 Å². The third kappa shape index (κ3) is 4.08. The van der Waals surface area contributed by atoms with Crippen LogP contribution in [0.3, 0.4) is 0 Å².